The normalized spacial score (nSPS) is 11.6. The third kappa shape index (κ3) is 2.03. The first-order valence-corrected chi connectivity index (χ1v) is 3.36. The summed E-state index contributed by atoms with van der Waals surface area (Å²) in [6.45, 7) is 0. The Morgan fingerprint density at radius 2 is 2.36 bits per heavy atom. The van der Waals surface area contributed by atoms with E-state index in [0.717, 1.165) is 0 Å². The Morgan fingerprint density at radius 1 is 1.64 bits per heavy atom. The van der Waals surface area contributed by atoms with Gasteiger partial charge in [0.25, 0.3) is 0 Å². The standard InChI is InChI=1S/C5H3Cl2N3O/c6-3-1-2-8-5(9-3)4(7)10-11/h1-2,11H. The molecular weight excluding hydrogens is 189 g/mol. The third-order valence-corrected chi connectivity index (χ3v) is 1.35. The predicted octanol–water partition coefficient (Wildman–Crippen LogP) is 1.50. The number of halogens is 2. The van der Waals surface area contributed by atoms with Crippen molar-refractivity contribution in [2.75, 3.05) is 0 Å². The van der Waals surface area contributed by atoms with E-state index in [1.54, 1.807) is 0 Å². The van der Waals surface area contributed by atoms with E-state index in [1.807, 2.05) is 0 Å². The van der Waals surface area contributed by atoms with Gasteiger partial charge in [-0.3, -0.25) is 0 Å². The molecule has 0 bridgehead atoms. The smallest absolute Gasteiger partial charge is 0.212 e. The van der Waals surface area contributed by atoms with Crippen molar-refractivity contribution >= 4 is 28.4 Å². The Morgan fingerprint density at radius 3 is 2.91 bits per heavy atom. The highest BCUT2D eigenvalue weighted by Crippen LogP contribution is 2.04. The van der Waals surface area contributed by atoms with Gasteiger partial charge in [0, 0.05) is 6.20 Å². The maximum atomic E-state index is 8.21. The predicted molar refractivity (Wildman–Crippen MR) is 41.2 cm³/mol. The van der Waals surface area contributed by atoms with Gasteiger partial charge in [0.15, 0.2) is 5.82 Å². The van der Waals surface area contributed by atoms with Crippen LogP contribution in [-0.4, -0.2) is 20.3 Å². The summed E-state index contributed by atoms with van der Waals surface area (Å²) in [4.78, 5) is 7.37. The van der Waals surface area contributed by atoms with Crippen LogP contribution >= 0.6 is 23.2 Å². The van der Waals surface area contributed by atoms with E-state index in [9.17, 15) is 0 Å². The second-order valence-corrected chi connectivity index (χ2v) is 2.34. The summed E-state index contributed by atoms with van der Waals surface area (Å²) >= 11 is 10.9. The first-order valence-electron chi connectivity index (χ1n) is 2.60. The van der Waals surface area contributed by atoms with E-state index in [2.05, 4.69) is 15.1 Å². The molecule has 1 aromatic rings. The van der Waals surface area contributed by atoms with E-state index in [0.29, 0.717) is 0 Å². The highest BCUT2D eigenvalue weighted by Gasteiger charge is 2.03. The van der Waals surface area contributed by atoms with Gasteiger partial charge in [0.1, 0.15) is 5.15 Å². The Bertz CT molecular complexity index is 289. The van der Waals surface area contributed by atoms with Gasteiger partial charge < -0.3 is 5.21 Å². The van der Waals surface area contributed by atoms with Crippen LogP contribution in [0.3, 0.4) is 0 Å². The van der Waals surface area contributed by atoms with E-state index in [-0.39, 0.29) is 16.1 Å². The monoisotopic (exact) mass is 191 g/mol. The van der Waals surface area contributed by atoms with Crippen LogP contribution < -0.4 is 0 Å². The number of aromatic nitrogens is 2. The van der Waals surface area contributed by atoms with E-state index in [1.165, 1.54) is 12.3 Å². The zero-order valence-corrected chi connectivity index (χ0v) is 6.71. The molecule has 58 valence electrons. The summed E-state index contributed by atoms with van der Waals surface area (Å²) in [5, 5.41) is 11.0. The molecule has 0 radical (unpaired) electrons. The minimum Gasteiger partial charge on any atom is -0.410 e. The van der Waals surface area contributed by atoms with Gasteiger partial charge in [-0.25, -0.2) is 9.97 Å². The van der Waals surface area contributed by atoms with Crippen molar-refractivity contribution in [3.8, 4) is 0 Å². The van der Waals surface area contributed by atoms with Crippen molar-refractivity contribution in [1.82, 2.24) is 9.97 Å². The summed E-state index contributed by atoms with van der Waals surface area (Å²) in [6.07, 6.45) is 1.41. The highest BCUT2D eigenvalue weighted by atomic mass is 35.5. The average molecular weight is 192 g/mol. The summed E-state index contributed by atoms with van der Waals surface area (Å²) < 4.78 is 0. The number of oxime groups is 1. The molecule has 0 aliphatic heterocycles. The molecule has 0 saturated heterocycles. The molecule has 4 nitrogen and oxygen atoms in total. The fraction of sp³-hybridized carbons (Fsp3) is 0. The molecule has 0 aliphatic rings. The molecule has 0 saturated carbocycles. The second kappa shape index (κ2) is 3.50. The van der Waals surface area contributed by atoms with Crippen LogP contribution in [0.2, 0.25) is 5.15 Å². The molecule has 0 aromatic carbocycles. The van der Waals surface area contributed by atoms with Gasteiger partial charge in [-0.1, -0.05) is 28.4 Å². The quantitative estimate of drug-likeness (QED) is 0.317. The van der Waals surface area contributed by atoms with Crippen LogP contribution in [0.4, 0.5) is 0 Å². The van der Waals surface area contributed by atoms with Crippen LogP contribution in [0.5, 0.6) is 0 Å². The topological polar surface area (TPSA) is 58.4 Å². The molecule has 0 unspecified atom stereocenters. The first-order chi connectivity index (χ1) is 5.24. The summed E-state index contributed by atoms with van der Waals surface area (Å²) in [7, 11) is 0. The zero-order chi connectivity index (χ0) is 8.27. The number of hydrogen-bond donors (Lipinski definition) is 1. The minimum absolute atomic E-state index is 0.0988. The first kappa shape index (κ1) is 8.23. The highest BCUT2D eigenvalue weighted by molar-refractivity contribution is 6.68. The zero-order valence-electron chi connectivity index (χ0n) is 5.20. The van der Waals surface area contributed by atoms with Gasteiger partial charge in [-0.15, -0.1) is 0 Å². The molecule has 1 aromatic heterocycles. The summed E-state index contributed by atoms with van der Waals surface area (Å²) in [6, 6.07) is 1.49. The fourth-order valence-corrected chi connectivity index (χ4v) is 0.708. The van der Waals surface area contributed by atoms with Gasteiger partial charge in [0.2, 0.25) is 5.17 Å². The number of hydrogen-bond acceptors (Lipinski definition) is 4. The van der Waals surface area contributed by atoms with Gasteiger partial charge in [0.05, 0.1) is 0 Å². The summed E-state index contributed by atoms with van der Waals surface area (Å²) in [5.74, 6) is 0.0988. The molecule has 1 N–H and O–H groups in total. The van der Waals surface area contributed by atoms with Gasteiger partial charge in [-0.05, 0) is 6.07 Å². The molecule has 0 aliphatic carbocycles. The average Bonchev–Trinajstić information content (AvgIpc) is 2.03. The molecule has 1 heterocycles. The Kier molecular flexibility index (Phi) is 2.62. The lowest BCUT2D eigenvalue weighted by atomic mass is 10.6. The third-order valence-electron chi connectivity index (χ3n) is 0.894. The van der Waals surface area contributed by atoms with Crippen LogP contribution in [0.15, 0.2) is 17.4 Å². The van der Waals surface area contributed by atoms with Crippen molar-refractivity contribution in [2.45, 2.75) is 0 Å². The number of nitrogens with zero attached hydrogens (tertiary/aromatic N) is 3. The molecule has 0 atom stereocenters. The lowest BCUT2D eigenvalue weighted by molar-refractivity contribution is 0.320. The maximum absolute atomic E-state index is 8.21. The second-order valence-electron chi connectivity index (χ2n) is 1.59. The van der Waals surface area contributed by atoms with E-state index < -0.39 is 0 Å². The molecular formula is C5H3Cl2N3O. The molecule has 11 heavy (non-hydrogen) atoms. The lowest BCUT2D eigenvalue weighted by Gasteiger charge is -1.92. The molecule has 0 fully saturated rings. The van der Waals surface area contributed by atoms with Crippen molar-refractivity contribution in [3.05, 3.63) is 23.2 Å². The van der Waals surface area contributed by atoms with E-state index >= 15 is 0 Å². The van der Waals surface area contributed by atoms with E-state index in [4.69, 9.17) is 28.4 Å². The largest absolute Gasteiger partial charge is 0.410 e. The summed E-state index contributed by atoms with van der Waals surface area (Å²) in [5.41, 5.74) is 0. The molecule has 0 spiro atoms. The Labute approximate surface area is 72.5 Å². The Balaban J connectivity index is 3.06. The lowest BCUT2D eigenvalue weighted by Crippen LogP contribution is -1.98. The van der Waals surface area contributed by atoms with Crippen LogP contribution in [0.1, 0.15) is 5.82 Å². The molecule has 1 rings (SSSR count). The van der Waals surface area contributed by atoms with Crippen LogP contribution in [0, 0.1) is 0 Å². The molecule has 0 amide bonds. The number of rotatable bonds is 1. The van der Waals surface area contributed by atoms with Crippen molar-refractivity contribution in [2.24, 2.45) is 5.16 Å². The SMILES string of the molecule is ON=C(Cl)c1nccc(Cl)n1. The van der Waals surface area contributed by atoms with Crippen LogP contribution in [0.25, 0.3) is 0 Å². The Hall–Kier alpha value is -0.870. The molecule has 6 heteroatoms. The minimum atomic E-state index is -0.187. The van der Waals surface area contributed by atoms with Gasteiger partial charge >= 0.3 is 0 Å². The van der Waals surface area contributed by atoms with Crippen molar-refractivity contribution in [3.63, 3.8) is 0 Å². The van der Waals surface area contributed by atoms with Crippen LogP contribution in [-0.2, 0) is 0 Å². The van der Waals surface area contributed by atoms with Crippen molar-refractivity contribution < 1.29 is 5.21 Å². The van der Waals surface area contributed by atoms with Gasteiger partial charge in [-0.2, -0.15) is 0 Å². The maximum Gasteiger partial charge on any atom is 0.212 e. The fourth-order valence-electron chi connectivity index (χ4n) is 0.481. The van der Waals surface area contributed by atoms with Crippen molar-refractivity contribution in [1.29, 1.82) is 0 Å².